The van der Waals surface area contributed by atoms with E-state index in [2.05, 4.69) is 4.98 Å². The van der Waals surface area contributed by atoms with Gasteiger partial charge in [-0.15, -0.1) is 0 Å². The number of aromatic nitrogens is 1. The van der Waals surface area contributed by atoms with Crippen LogP contribution in [0.4, 0.5) is 0 Å². The molecule has 0 bridgehead atoms. The number of methoxy groups -OCH3 is 1. The zero-order valence-corrected chi connectivity index (χ0v) is 12.1. The molecular formula is C17H12ClNO2. The number of nitrogens with zero attached hydrogens (tertiary/aromatic N) is 1. The van der Waals surface area contributed by atoms with E-state index in [1.165, 1.54) is 7.11 Å². The summed E-state index contributed by atoms with van der Waals surface area (Å²) < 4.78 is 5.16. The molecule has 0 fully saturated rings. The summed E-state index contributed by atoms with van der Waals surface area (Å²) in [5.74, 6) is 0.380. The Hall–Kier alpha value is -2.39. The molecule has 0 unspecified atom stereocenters. The molecule has 3 aromatic rings. The Morgan fingerprint density at radius 1 is 1.14 bits per heavy atom. The summed E-state index contributed by atoms with van der Waals surface area (Å²) in [6.07, 6.45) is 1.68. The van der Waals surface area contributed by atoms with E-state index < -0.39 is 0 Å². The van der Waals surface area contributed by atoms with E-state index >= 15 is 0 Å². The van der Waals surface area contributed by atoms with Crippen LogP contribution in [-0.4, -0.2) is 17.9 Å². The number of carbonyl (C=O) groups is 1. The molecule has 1 aromatic heterocycles. The van der Waals surface area contributed by atoms with Gasteiger partial charge >= 0.3 is 0 Å². The van der Waals surface area contributed by atoms with Gasteiger partial charge in [0, 0.05) is 22.7 Å². The molecule has 0 spiro atoms. The molecule has 0 aliphatic heterocycles. The van der Waals surface area contributed by atoms with Crippen LogP contribution < -0.4 is 4.74 Å². The van der Waals surface area contributed by atoms with E-state index in [1.807, 2.05) is 24.3 Å². The average Bonchev–Trinajstić information content (AvgIpc) is 2.54. The molecule has 1 heterocycles. The topological polar surface area (TPSA) is 39.2 Å². The molecule has 104 valence electrons. The lowest BCUT2D eigenvalue weighted by molar-refractivity contribution is 0.104. The molecule has 2 aromatic carbocycles. The molecule has 4 heteroatoms. The molecule has 3 nitrogen and oxygen atoms in total. The van der Waals surface area contributed by atoms with Gasteiger partial charge in [0.05, 0.1) is 17.6 Å². The largest absolute Gasteiger partial charge is 0.495 e. The molecule has 0 amide bonds. The van der Waals surface area contributed by atoms with Gasteiger partial charge in [-0.1, -0.05) is 29.8 Å². The quantitative estimate of drug-likeness (QED) is 0.682. The van der Waals surface area contributed by atoms with Crippen molar-refractivity contribution in [3.8, 4) is 5.75 Å². The first-order chi connectivity index (χ1) is 10.2. The smallest absolute Gasteiger partial charge is 0.195 e. The molecule has 0 atom stereocenters. The third kappa shape index (κ3) is 2.48. The van der Waals surface area contributed by atoms with Crippen LogP contribution in [0, 0.1) is 0 Å². The van der Waals surface area contributed by atoms with Crippen LogP contribution in [0.15, 0.2) is 54.7 Å². The number of hydrogen-bond donors (Lipinski definition) is 0. The number of ether oxygens (including phenoxy) is 1. The second-order valence-corrected chi connectivity index (χ2v) is 4.97. The van der Waals surface area contributed by atoms with Crippen LogP contribution in [0.5, 0.6) is 5.75 Å². The highest BCUT2D eigenvalue weighted by molar-refractivity contribution is 6.32. The van der Waals surface area contributed by atoms with E-state index in [1.54, 1.807) is 30.5 Å². The number of halogens is 1. The Labute approximate surface area is 127 Å². The summed E-state index contributed by atoms with van der Waals surface area (Å²) in [5, 5.41) is 1.41. The monoisotopic (exact) mass is 297 g/mol. The van der Waals surface area contributed by atoms with Gasteiger partial charge in [0.15, 0.2) is 5.78 Å². The SMILES string of the molecule is COc1cc(C(=O)c2cccc3cccnc23)ccc1Cl. The molecule has 3 rings (SSSR count). The Morgan fingerprint density at radius 3 is 2.76 bits per heavy atom. The molecule has 21 heavy (non-hydrogen) atoms. The Morgan fingerprint density at radius 2 is 1.95 bits per heavy atom. The second kappa shape index (κ2) is 5.54. The minimum atomic E-state index is -0.103. The number of para-hydroxylation sites is 1. The van der Waals surface area contributed by atoms with Crippen molar-refractivity contribution in [2.75, 3.05) is 7.11 Å². The fourth-order valence-corrected chi connectivity index (χ4v) is 2.44. The van der Waals surface area contributed by atoms with E-state index in [0.717, 1.165) is 5.39 Å². The first-order valence-corrected chi connectivity index (χ1v) is 6.80. The standard InChI is InChI=1S/C17H12ClNO2/c1-21-15-10-12(7-8-14(15)18)17(20)13-6-2-4-11-5-3-9-19-16(11)13/h2-10H,1H3. The van der Waals surface area contributed by atoms with Crippen LogP contribution in [0.25, 0.3) is 10.9 Å². The van der Waals surface area contributed by atoms with Gasteiger partial charge < -0.3 is 4.74 Å². The minimum Gasteiger partial charge on any atom is -0.495 e. The molecule has 0 saturated heterocycles. The predicted molar refractivity (Wildman–Crippen MR) is 83.2 cm³/mol. The lowest BCUT2D eigenvalue weighted by Crippen LogP contribution is -2.03. The van der Waals surface area contributed by atoms with E-state index in [0.29, 0.717) is 27.4 Å². The Bertz CT molecular complexity index is 825. The van der Waals surface area contributed by atoms with Gasteiger partial charge in [0.1, 0.15) is 5.75 Å². The average molecular weight is 298 g/mol. The molecule has 0 saturated carbocycles. The van der Waals surface area contributed by atoms with Crippen molar-refractivity contribution in [1.82, 2.24) is 4.98 Å². The van der Waals surface area contributed by atoms with Crippen molar-refractivity contribution in [2.45, 2.75) is 0 Å². The van der Waals surface area contributed by atoms with Crippen LogP contribution in [0.1, 0.15) is 15.9 Å². The minimum absolute atomic E-state index is 0.103. The van der Waals surface area contributed by atoms with Crippen LogP contribution in [-0.2, 0) is 0 Å². The van der Waals surface area contributed by atoms with Crippen molar-refractivity contribution in [2.24, 2.45) is 0 Å². The number of pyridine rings is 1. The molecule has 0 N–H and O–H groups in total. The number of fused-ring (bicyclic) bond motifs is 1. The third-order valence-electron chi connectivity index (χ3n) is 3.29. The van der Waals surface area contributed by atoms with Crippen LogP contribution in [0.2, 0.25) is 5.02 Å². The number of ketones is 1. The summed E-state index contributed by atoms with van der Waals surface area (Å²) in [4.78, 5) is 17.0. The Balaban J connectivity index is 2.13. The molecule has 0 radical (unpaired) electrons. The zero-order chi connectivity index (χ0) is 14.8. The summed E-state index contributed by atoms with van der Waals surface area (Å²) in [5.41, 5.74) is 1.78. The zero-order valence-electron chi connectivity index (χ0n) is 11.3. The maximum atomic E-state index is 12.7. The lowest BCUT2D eigenvalue weighted by atomic mass is 10.0. The summed E-state index contributed by atoms with van der Waals surface area (Å²) >= 11 is 5.99. The van der Waals surface area contributed by atoms with Crippen molar-refractivity contribution < 1.29 is 9.53 Å². The normalized spacial score (nSPS) is 10.6. The van der Waals surface area contributed by atoms with Crippen molar-refractivity contribution >= 4 is 28.3 Å². The van der Waals surface area contributed by atoms with Gasteiger partial charge in [-0.05, 0) is 30.3 Å². The van der Waals surface area contributed by atoms with E-state index in [4.69, 9.17) is 16.3 Å². The highest BCUT2D eigenvalue weighted by Crippen LogP contribution is 2.27. The summed E-state index contributed by atoms with van der Waals surface area (Å²) in [6, 6.07) is 14.3. The van der Waals surface area contributed by atoms with Crippen LogP contribution in [0.3, 0.4) is 0 Å². The van der Waals surface area contributed by atoms with Crippen molar-refractivity contribution in [3.05, 3.63) is 70.9 Å². The van der Waals surface area contributed by atoms with E-state index in [9.17, 15) is 4.79 Å². The first-order valence-electron chi connectivity index (χ1n) is 6.42. The number of carbonyl (C=O) groups excluding carboxylic acids is 1. The van der Waals surface area contributed by atoms with Gasteiger partial charge in [-0.25, -0.2) is 0 Å². The maximum Gasteiger partial charge on any atom is 0.195 e. The number of rotatable bonds is 3. The lowest BCUT2D eigenvalue weighted by Gasteiger charge is -2.07. The maximum absolute atomic E-state index is 12.7. The van der Waals surface area contributed by atoms with Crippen LogP contribution >= 0.6 is 11.6 Å². The van der Waals surface area contributed by atoms with Gasteiger partial charge in [0.25, 0.3) is 0 Å². The fourth-order valence-electron chi connectivity index (χ4n) is 2.24. The number of hydrogen-bond acceptors (Lipinski definition) is 3. The summed E-state index contributed by atoms with van der Waals surface area (Å²) in [7, 11) is 1.52. The van der Waals surface area contributed by atoms with Gasteiger partial charge in [-0.3, -0.25) is 9.78 Å². The molecule has 0 aliphatic carbocycles. The second-order valence-electron chi connectivity index (χ2n) is 4.56. The molecule has 0 aliphatic rings. The van der Waals surface area contributed by atoms with Crippen molar-refractivity contribution in [3.63, 3.8) is 0 Å². The molecular weight excluding hydrogens is 286 g/mol. The van der Waals surface area contributed by atoms with Gasteiger partial charge in [-0.2, -0.15) is 0 Å². The highest BCUT2D eigenvalue weighted by Gasteiger charge is 2.15. The van der Waals surface area contributed by atoms with Crippen molar-refractivity contribution in [1.29, 1.82) is 0 Å². The number of benzene rings is 2. The third-order valence-corrected chi connectivity index (χ3v) is 3.60. The first kappa shape index (κ1) is 13.6. The predicted octanol–water partition coefficient (Wildman–Crippen LogP) is 4.13. The highest BCUT2D eigenvalue weighted by atomic mass is 35.5. The van der Waals surface area contributed by atoms with Gasteiger partial charge in [0.2, 0.25) is 0 Å². The summed E-state index contributed by atoms with van der Waals surface area (Å²) in [6.45, 7) is 0. The fraction of sp³-hybridized carbons (Fsp3) is 0.0588. The van der Waals surface area contributed by atoms with E-state index in [-0.39, 0.29) is 5.78 Å². The Kier molecular flexibility index (Phi) is 3.59.